The summed E-state index contributed by atoms with van der Waals surface area (Å²) < 4.78 is 5.96. The highest BCUT2D eigenvalue weighted by Gasteiger charge is 2.41. The van der Waals surface area contributed by atoms with Crippen LogP contribution in [0.2, 0.25) is 0 Å². The Morgan fingerprint density at radius 1 is 1.28 bits per heavy atom. The second kappa shape index (κ2) is 11.1. The molecule has 0 saturated carbocycles. The summed E-state index contributed by atoms with van der Waals surface area (Å²) in [6.07, 6.45) is 8.99. The van der Waals surface area contributed by atoms with E-state index in [2.05, 4.69) is 40.6 Å². The lowest BCUT2D eigenvalue weighted by atomic mass is 9.81. The molecule has 0 aromatic carbocycles. The Balaban J connectivity index is 1.29. The molecule has 11 heteroatoms. The molecule has 0 aliphatic carbocycles. The predicted octanol–water partition coefficient (Wildman–Crippen LogP) is 3.60. The highest BCUT2D eigenvalue weighted by Crippen LogP contribution is 2.35. The molecule has 3 atom stereocenters. The molecular formula is C25H36N8O2S. The lowest BCUT2D eigenvalue weighted by Gasteiger charge is -2.49. The molecular weight excluding hydrogens is 476 g/mol. The van der Waals surface area contributed by atoms with Gasteiger partial charge in [-0.25, -0.2) is 4.98 Å². The predicted molar refractivity (Wildman–Crippen MR) is 143 cm³/mol. The number of hydrogen-bond acceptors (Lipinski definition) is 8. The van der Waals surface area contributed by atoms with Crippen molar-refractivity contribution >= 4 is 41.8 Å². The Morgan fingerprint density at radius 2 is 2.03 bits per heavy atom. The summed E-state index contributed by atoms with van der Waals surface area (Å²) in [5, 5.41) is 14.2. The number of carbonyl (C=O) groups excluding carboxylic acids is 1. The number of aromatic amines is 2. The molecule has 194 valence electrons. The van der Waals surface area contributed by atoms with E-state index in [9.17, 15) is 4.79 Å². The van der Waals surface area contributed by atoms with Crippen LogP contribution < -0.4 is 10.6 Å². The first-order valence-corrected chi connectivity index (χ1v) is 13.3. The van der Waals surface area contributed by atoms with E-state index < -0.39 is 0 Å². The number of nitrogens with zero attached hydrogens (tertiary/aromatic N) is 4. The van der Waals surface area contributed by atoms with Crippen LogP contribution in [0.25, 0.3) is 6.08 Å². The van der Waals surface area contributed by atoms with E-state index in [0.29, 0.717) is 36.2 Å². The average molecular weight is 513 g/mol. The van der Waals surface area contributed by atoms with Gasteiger partial charge in [-0.3, -0.25) is 14.8 Å². The first-order chi connectivity index (χ1) is 17.5. The first kappa shape index (κ1) is 24.9. The first-order valence-electron chi connectivity index (χ1n) is 12.9. The number of aromatic nitrogens is 4. The molecule has 1 unspecified atom stereocenters. The number of piperidine rings is 2. The van der Waals surface area contributed by atoms with Crippen LogP contribution in [0.4, 0.5) is 17.6 Å². The maximum absolute atomic E-state index is 13.3. The molecule has 4 N–H and O–H groups in total. The van der Waals surface area contributed by atoms with Crippen LogP contribution in [0.15, 0.2) is 12.1 Å². The quantitative estimate of drug-likeness (QED) is 0.416. The number of fused-ring (bicyclic) bond motifs is 2. The van der Waals surface area contributed by atoms with Crippen LogP contribution in [0.3, 0.4) is 0 Å². The van der Waals surface area contributed by atoms with Crippen LogP contribution in [-0.4, -0.2) is 86.8 Å². The van der Waals surface area contributed by atoms with Crippen molar-refractivity contribution in [2.45, 2.75) is 64.1 Å². The summed E-state index contributed by atoms with van der Waals surface area (Å²) in [4.78, 5) is 25.7. The lowest BCUT2D eigenvalue weighted by Crippen LogP contribution is -2.59. The number of allylic oxidation sites excluding steroid dienone is 1. The van der Waals surface area contributed by atoms with Gasteiger partial charge in [0.1, 0.15) is 10.5 Å². The Morgan fingerprint density at radius 3 is 2.69 bits per heavy atom. The Hall–Kier alpha value is -2.76. The summed E-state index contributed by atoms with van der Waals surface area (Å²) >= 11 is 5.64. The number of H-pyrrole nitrogens is 2. The van der Waals surface area contributed by atoms with Gasteiger partial charge >= 0.3 is 0 Å². The van der Waals surface area contributed by atoms with Crippen LogP contribution in [0.1, 0.15) is 50.3 Å². The molecule has 3 aliphatic heterocycles. The molecule has 2 aromatic rings. The molecule has 10 nitrogen and oxygen atoms in total. The SMILES string of the molecule is C/C=C\c1c(Nc2cc(C)[nH]n2)[nH]c(NC2C[C@H]3CCC[C@@H](C2)N3C(=O)CN2CCOCC2)nc1=S. The van der Waals surface area contributed by atoms with Crippen LogP contribution in [0, 0.1) is 11.6 Å². The Kier molecular flexibility index (Phi) is 7.68. The Bertz CT molecular complexity index is 1140. The van der Waals surface area contributed by atoms with Crippen molar-refractivity contribution in [2.75, 3.05) is 43.5 Å². The van der Waals surface area contributed by atoms with E-state index >= 15 is 0 Å². The number of anilines is 3. The van der Waals surface area contributed by atoms with Gasteiger partial charge in [-0.1, -0.05) is 24.4 Å². The zero-order chi connectivity index (χ0) is 25.1. The fraction of sp³-hybridized carbons (Fsp3) is 0.600. The fourth-order valence-electron chi connectivity index (χ4n) is 5.71. The number of hydrogen-bond donors (Lipinski definition) is 4. The van der Waals surface area contributed by atoms with Crippen molar-refractivity contribution in [1.82, 2.24) is 30.0 Å². The third kappa shape index (κ3) is 5.63. The second-order valence-corrected chi connectivity index (χ2v) is 10.4. The molecule has 2 bridgehead atoms. The smallest absolute Gasteiger partial charge is 0.237 e. The molecule has 3 saturated heterocycles. The van der Waals surface area contributed by atoms with Crippen LogP contribution in [0.5, 0.6) is 0 Å². The summed E-state index contributed by atoms with van der Waals surface area (Å²) in [5.41, 5.74) is 1.79. The number of morpholine rings is 1. The third-order valence-corrected chi connectivity index (χ3v) is 7.63. The van der Waals surface area contributed by atoms with Gasteiger partial charge in [0.2, 0.25) is 11.9 Å². The van der Waals surface area contributed by atoms with Gasteiger partial charge in [0.05, 0.1) is 25.3 Å². The van der Waals surface area contributed by atoms with Gasteiger partial charge < -0.3 is 25.3 Å². The van der Waals surface area contributed by atoms with Crippen molar-refractivity contribution in [3.05, 3.63) is 28.0 Å². The van der Waals surface area contributed by atoms with E-state index in [1.807, 2.05) is 32.1 Å². The number of nitrogens with one attached hydrogen (secondary N) is 4. The van der Waals surface area contributed by atoms with Crippen LogP contribution in [-0.2, 0) is 9.53 Å². The number of rotatable bonds is 7. The zero-order valence-electron chi connectivity index (χ0n) is 21.0. The standard InChI is InChI=1S/C25H36N8O2S/c1-3-5-20-23(27-21-12-16(2)30-31-21)28-25(29-24(20)36)26-17-13-18-6-4-7-19(14-17)33(18)22(34)15-32-8-10-35-11-9-32/h3,5,12,17-19H,4,6-11,13-15H2,1-2H3,(H4,26,27,28,29,30,31,36)/b5-3-/t17?,18-,19+. The molecule has 0 spiro atoms. The summed E-state index contributed by atoms with van der Waals surface area (Å²) in [6.45, 7) is 7.51. The largest absolute Gasteiger partial charge is 0.379 e. The molecule has 5 rings (SSSR count). The maximum Gasteiger partial charge on any atom is 0.237 e. The van der Waals surface area contributed by atoms with E-state index in [0.717, 1.165) is 55.8 Å². The summed E-state index contributed by atoms with van der Waals surface area (Å²) in [6, 6.07) is 2.69. The van der Waals surface area contributed by atoms with E-state index in [1.54, 1.807) is 0 Å². The van der Waals surface area contributed by atoms with Gasteiger partial charge in [0.15, 0.2) is 5.82 Å². The number of amides is 1. The molecule has 3 fully saturated rings. The van der Waals surface area contributed by atoms with Crippen LogP contribution >= 0.6 is 12.2 Å². The average Bonchev–Trinajstić information content (AvgIpc) is 3.26. The van der Waals surface area contributed by atoms with Crippen molar-refractivity contribution in [1.29, 1.82) is 0 Å². The zero-order valence-corrected chi connectivity index (χ0v) is 21.9. The number of aryl methyl sites for hydroxylation is 1. The number of carbonyl (C=O) groups is 1. The van der Waals surface area contributed by atoms with Crippen molar-refractivity contribution in [3.63, 3.8) is 0 Å². The highest BCUT2D eigenvalue weighted by molar-refractivity contribution is 7.71. The third-order valence-electron chi connectivity index (χ3n) is 7.31. The molecule has 2 aromatic heterocycles. The summed E-state index contributed by atoms with van der Waals surface area (Å²) in [7, 11) is 0. The minimum atomic E-state index is 0.221. The van der Waals surface area contributed by atoms with Gasteiger partial charge in [-0.15, -0.1) is 0 Å². The molecule has 3 aliphatic rings. The lowest BCUT2D eigenvalue weighted by molar-refractivity contribution is -0.143. The monoisotopic (exact) mass is 512 g/mol. The van der Waals surface area contributed by atoms with Crippen molar-refractivity contribution in [3.8, 4) is 0 Å². The maximum atomic E-state index is 13.3. The van der Waals surface area contributed by atoms with Gasteiger partial charge in [-0.2, -0.15) is 5.10 Å². The minimum Gasteiger partial charge on any atom is -0.379 e. The fourth-order valence-corrected chi connectivity index (χ4v) is 5.97. The number of ether oxygens (including phenoxy) is 1. The minimum absolute atomic E-state index is 0.221. The second-order valence-electron chi connectivity index (χ2n) is 9.98. The molecule has 36 heavy (non-hydrogen) atoms. The van der Waals surface area contributed by atoms with Gasteiger partial charge in [0.25, 0.3) is 0 Å². The Labute approximate surface area is 216 Å². The van der Waals surface area contributed by atoms with Crippen molar-refractivity contribution < 1.29 is 9.53 Å². The van der Waals surface area contributed by atoms with Gasteiger partial charge in [-0.05, 0) is 46.0 Å². The van der Waals surface area contributed by atoms with Crippen molar-refractivity contribution in [2.24, 2.45) is 0 Å². The van der Waals surface area contributed by atoms with E-state index in [1.165, 1.54) is 6.42 Å². The topological polar surface area (TPSA) is 114 Å². The molecule has 5 heterocycles. The molecule has 1 amide bonds. The summed E-state index contributed by atoms with van der Waals surface area (Å²) in [5.74, 6) is 2.36. The van der Waals surface area contributed by atoms with Gasteiger partial charge in [0, 0.05) is 43.0 Å². The molecule has 0 radical (unpaired) electrons. The normalized spacial score (nSPS) is 24.7. The van der Waals surface area contributed by atoms with E-state index in [-0.39, 0.29) is 24.0 Å². The van der Waals surface area contributed by atoms with E-state index in [4.69, 9.17) is 17.0 Å². The highest BCUT2D eigenvalue weighted by atomic mass is 32.1.